The highest BCUT2D eigenvalue weighted by Crippen LogP contribution is 2.04. The van der Waals surface area contributed by atoms with Crippen LogP contribution in [0.5, 0.6) is 0 Å². The van der Waals surface area contributed by atoms with E-state index in [0.29, 0.717) is 18.9 Å². The van der Waals surface area contributed by atoms with Gasteiger partial charge in [0.05, 0.1) is 6.42 Å². The van der Waals surface area contributed by atoms with Crippen LogP contribution in [0.4, 0.5) is 0 Å². The summed E-state index contributed by atoms with van der Waals surface area (Å²) in [5.41, 5.74) is 0. The van der Waals surface area contributed by atoms with Crippen molar-refractivity contribution < 1.29 is 15.0 Å². The SMILES string of the molecule is CC(C)C(CCO)NCCC(=O)O. The summed E-state index contributed by atoms with van der Waals surface area (Å²) in [5, 5.41) is 20.3. The summed E-state index contributed by atoms with van der Waals surface area (Å²) in [5.74, 6) is -0.375. The van der Waals surface area contributed by atoms with E-state index >= 15 is 0 Å². The van der Waals surface area contributed by atoms with Crippen LogP contribution in [0, 0.1) is 5.92 Å². The molecule has 0 heterocycles. The standard InChI is InChI=1S/C9H19NO3/c1-7(2)8(4-6-11)10-5-3-9(12)13/h7-8,10-11H,3-6H2,1-2H3,(H,12,13). The van der Waals surface area contributed by atoms with Crippen molar-refractivity contribution in [2.45, 2.75) is 32.7 Å². The molecule has 0 aliphatic heterocycles. The molecular formula is C9H19NO3. The summed E-state index contributed by atoms with van der Waals surface area (Å²) in [6, 6.07) is 0.212. The van der Waals surface area contributed by atoms with Gasteiger partial charge in [-0.3, -0.25) is 4.79 Å². The molecule has 0 amide bonds. The number of carboxylic acid groups (broad SMARTS) is 1. The molecule has 13 heavy (non-hydrogen) atoms. The molecule has 0 aromatic heterocycles. The fourth-order valence-electron chi connectivity index (χ4n) is 1.17. The molecule has 0 saturated heterocycles. The third-order valence-corrected chi connectivity index (χ3v) is 1.99. The molecule has 0 aromatic carbocycles. The summed E-state index contributed by atoms with van der Waals surface area (Å²) in [6.45, 7) is 4.71. The van der Waals surface area contributed by atoms with E-state index in [1.165, 1.54) is 0 Å². The number of carbonyl (C=O) groups is 1. The number of aliphatic carboxylic acids is 1. The number of aliphatic hydroxyl groups excluding tert-OH is 1. The van der Waals surface area contributed by atoms with E-state index in [1.807, 2.05) is 13.8 Å². The van der Waals surface area contributed by atoms with Gasteiger partial charge in [0.1, 0.15) is 0 Å². The Morgan fingerprint density at radius 3 is 2.46 bits per heavy atom. The van der Waals surface area contributed by atoms with Crippen LogP contribution in [0.25, 0.3) is 0 Å². The van der Waals surface area contributed by atoms with Crippen LogP contribution in [0.2, 0.25) is 0 Å². The smallest absolute Gasteiger partial charge is 0.304 e. The molecular weight excluding hydrogens is 170 g/mol. The van der Waals surface area contributed by atoms with Crippen LogP contribution < -0.4 is 5.32 Å². The number of hydrogen-bond acceptors (Lipinski definition) is 3. The molecule has 0 aliphatic rings. The first-order chi connectivity index (χ1) is 6.07. The molecule has 4 heteroatoms. The van der Waals surface area contributed by atoms with Crippen molar-refractivity contribution in [2.24, 2.45) is 5.92 Å². The molecule has 0 spiro atoms. The monoisotopic (exact) mass is 189 g/mol. The first-order valence-electron chi connectivity index (χ1n) is 4.64. The molecule has 0 saturated carbocycles. The highest BCUT2D eigenvalue weighted by atomic mass is 16.4. The molecule has 0 radical (unpaired) electrons. The molecule has 3 N–H and O–H groups in total. The fourth-order valence-corrected chi connectivity index (χ4v) is 1.17. The minimum atomic E-state index is -0.793. The van der Waals surface area contributed by atoms with E-state index in [2.05, 4.69) is 5.32 Å². The van der Waals surface area contributed by atoms with E-state index < -0.39 is 5.97 Å². The van der Waals surface area contributed by atoms with Crippen molar-refractivity contribution in [2.75, 3.05) is 13.2 Å². The molecule has 0 bridgehead atoms. The predicted octanol–water partition coefficient (Wildman–Crippen LogP) is 0.458. The summed E-state index contributed by atoms with van der Waals surface area (Å²) in [4.78, 5) is 10.2. The maximum atomic E-state index is 10.2. The first kappa shape index (κ1) is 12.4. The first-order valence-corrected chi connectivity index (χ1v) is 4.64. The summed E-state index contributed by atoms with van der Waals surface area (Å²) in [7, 11) is 0. The van der Waals surface area contributed by atoms with Gasteiger partial charge in [-0.1, -0.05) is 13.8 Å². The van der Waals surface area contributed by atoms with Gasteiger partial charge < -0.3 is 15.5 Å². The Morgan fingerprint density at radius 1 is 1.46 bits per heavy atom. The Labute approximate surface area is 79.0 Å². The van der Waals surface area contributed by atoms with Crippen LogP contribution in [0.1, 0.15) is 26.7 Å². The Balaban J connectivity index is 3.62. The average molecular weight is 189 g/mol. The second-order valence-electron chi connectivity index (χ2n) is 3.46. The number of aliphatic hydroxyl groups is 1. The minimum Gasteiger partial charge on any atom is -0.481 e. The van der Waals surface area contributed by atoms with Gasteiger partial charge in [0.25, 0.3) is 0 Å². The third-order valence-electron chi connectivity index (χ3n) is 1.99. The van der Waals surface area contributed by atoms with E-state index in [9.17, 15) is 4.79 Å². The van der Waals surface area contributed by atoms with Crippen molar-refractivity contribution in [3.05, 3.63) is 0 Å². The second-order valence-corrected chi connectivity index (χ2v) is 3.46. The quantitative estimate of drug-likeness (QED) is 0.544. The summed E-state index contributed by atoms with van der Waals surface area (Å²) in [6.07, 6.45) is 0.811. The van der Waals surface area contributed by atoms with Crippen LogP contribution in [-0.4, -0.2) is 35.4 Å². The molecule has 0 fully saturated rings. The van der Waals surface area contributed by atoms with Crippen molar-refractivity contribution in [3.8, 4) is 0 Å². The highest BCUT2D eigenvalue weighted by molar-refractivity contribution is 5.66. The van der Waals surface area contributed by atoms with E-state index in [4.69, 9.17) is 10.2 Å². The number of carboxylic acids is 1. The molecule has 1 unspecified atom stereocenters. The average Bonchev–Trinajstić information content (AvgIpc) is 2.02. The zero-order valence-electron chi connectivity index (χ0n) is 8.29. The largest absolute Gasteiger partial charge is 0.481 e. The van der Waals surface area contributed by atoms with E-state index in [1.54, 1.807) is 0 Å². The van der Waals surface area contributed by atoms with Gasteiger partial charge in [-0.15, -0.1) is 0 Å². The van der Waals surface area contributed by atoms with Crippen LogP contribution in [0.3, 0.4) is 0 Å². The molecule has 1 atom stereocenters. The van der Waals surface area contributed by atoms with Crippen molar-refractivity contribution in [1.82, 2.24) is 5.32 Å². The normalized spacial score (nSPS) is 13.2. The van der Waals surface area contributed by atoms with Crippen LogP contribution >= 0.6 is 0 Å². The van der Waals surface area contributed by atoms with Gasteiger partial charge in [0.15, 0.2) is 0 Å². The Hall–Kier alpha value is -0.610. The molecule has 78 valence electrons. The minimum absolute atomic E-state index is 0.134. The Kier molecular flexibility index (Phi) is 6.54. The zero-order chi connectivity index (χ0) is 10.3. The van der Waals surface area contributed by atoms with Crippen molar-refractivity contribution in [3.63, 3.8) is 0 Å². The van der Waals surface area contributed by atoms with Crippen molar-refractivity contribution >= 4 is 5.97 Å². The lowest BCUT2D eigenvalue weighted by Gasteiger charge is -2.20. The second kappa shape index (κ2) is 6.86. The number of hydrogen-bond donors (Lipinski definition) is 3. The van der Waals surface area contributed by atoms with Crippen molar-refractivity contribution in [1.29, 1.82) is 0 Å². The topological polar surface area (TPSA) is 69.6 Å². The maximum Gasteiger partial charge on any atom is 0.304 e. The highest BCUT2D eigenvalue weighted by Gasteiger charge is 2.11. The maximum absolute atomic E-state index is 10.2. The number of nitrogens with one attached hydrogen (secondary N) is 1. The fraction of sp³-hybridized carbons (Fsp3) is 0.889. The van der Waals surface area contributed by atoms with Gasteiger partial charge in [-0.05, 0) is 12.3 Å². The Morgan fingerprint density at radius 2 is 2.08 bits per heavy atom. The van der Waals surface area contributed by atoms with Gasteiger partial charge in [-0.25, -0.2) is 0 Å². The number of rotatable bonds is 7. The zero-order valence-corrected chi connectivity index (χ0v) is 8.29. The van der Waals surface area contributed by atoms with Gasteiger partial charge >= 0.3 is 5.97 Å². The summed E-state index contributed by atoms with van der Waals surface area (Å²) < 4.78 is 0. The molecule has 4 nitrogen and oxygen atoms in total. The lowest BCUT2D eigenvalue weighted by molar-refractivity contribution is -0.136. The van der Waals surface area contributed by atoms with Gasteiger partial charge in [0, 0.05) is 19.2 Å². The van der Waals surface area contributed by atoms with Gasteiger partial charge in [-0.2, -0.15) is 0 Å². The predicted molar refractivity (Wildman–Crippen MR) is 50.6 cm³/mol. The molecule has 0 rings (SSSR count). The van der Waals surface area contributed by atoms with E-state index in [-0.39, 0.29) is 19.1 Å². The van der Waals surface area contributed by atoms with Crippen LogP contribution in [-0.2, 0) is 4.79 Å². The van der Waals surface area contributed by atoms with Crippen LogP contribution in [0.15, 0.2) is 0 Å². The third kappa shape index (κ3) is 6.54. The Bertz CT molecular complexity index is 148. The molecule has 0 aromatic rings. The lowest BCUT2D eigenvalue weighted by atomic mass is 10.0. The lowest BCUT2D eigenvalue weighted by Crippen LogP contribution is -2.36. The van der Waals surface area contributed by atoms with Gasteiger partial charge in [0.2, 0.25) is 0 Å². The summed E-state index contributed by atoms with van der Waals surface area (Å²) >= 11 is 0. The molecule has 0 aliphatic carbocycles. The van der Waals surface area contributed by atoms with E-state index in [0.717, 1.165) is 0 Å².